The van der Waals surface area contributed by atoms with Crippen LogP contribution in [0.2, 0.25) is 5.02 Å². The number of H-pyrrole nitrogens is 1. The number of hydrogen-bond acceptors (Lipinski definition) is 2. The third kappa shape index (κ3) is 3.44. The summed E-state index contributed by atoms with van der Waals surface area (Å²) in [5.74, 6) is -0.165. The summed E-state index contributed by atoms with van der Waals surface area (Å²) in [4.78, 5) is 26.8. The Kier molecular flexibility index (Phi) is 4.41. The van der Waals surface area contributed by atoms with Crippen LogP contribution >= 0.6 is 11.6 Å². The predicted octanol–water partition coefficient (Wildman–Crippen LogP) is 3.76. The smallest absolute Gasteiger partial charge is 0.251 e. The van der Waals surface area contributed by atoms with E-state index in [0.717, 1.165) is 18.4 Å². The molecule has 4 nitrogen and oxygen atoms in total. The SMILES string of the molecule is O=C1CC[C@H](C=C(c2ccc(C3CC3)c(=O)[nH]2)c2ccc(Cl)cc2F)N1. The Labute approximate surface area is 155 Å². The average molecular weight is 373 g/mol. The minimum absolute atomic E-state index is 0.0280. The Morgan fingerprint density at radius 3 is 2.58 bits per heavy atom. The molecule has 1 aromatic carbocycles. The topological polar surface area (TPSA) is 62.0 Å². The third-order valence-corrected chi connectivity index (χ3v) is 5.10. The number of nitrogens with one attached hydrogen (secondary N) is 2. The van der Waals surface area contributed by atoms with Crippen LogP contribution in [0.3, 0.4) is 0 Å². The number of benzene rings is 1. The van der Waals surface area contributed by atoms with Crippen LogP contribution in [-0.4, -0.2) is 16.9 Å². The number of halogens is 2. The maximum absolute atomic E-state index is 14.6. The van der Waals surface area contributed by atoms with Crippen molar-refractivity contribution < 1.29 is 9.18 Å². The second-order valence-electron chi connectivity index (χ2n) is 6.85. The van der Waals surface area contributed by atoms with Gasteiger partial charge in [-0.3, -0.25) is 9.59 Å². The van der Waals surface area contributed by atoms with Crippen LogP contribution in [0.25, 0.3) is 5.57 Å². The highest BCUT2D eigenvalue weighted by Crippen LogP contribution is 2.38. The molecule has 2 aliphatic rings. The van der Waals surface area contributed by atoms with Crippen molar-refractivity contribution in [2.24, 2.45) is 0 Å². The molecule has 1 saturated heterocycles. The molecule has 2 heterocycles. The highest BCUT2D eigenvalue weighted by molar-refractivity contribution is 6.30. The first-order chi connectivity index (χ1) is 12.5. The Balaban J connectivity index is 1.79. The zero-order chi connectivity index (χ0) is 18.3. The summed E-state index contributed by atoms with van der Waals surface area (Å²) in [6, 6.07) is 7.88. The van der Waals surface area contributed by atoms with Gasteiger partial charge < -0.3 is 10.3 Å². The van der Waals surface area contributed by atoms with E-state index in [1.807, 2.05) is 12.1 Å². The summed E-state index contributed by atoms with van der Waals surface area (Å²) < 4.78 is 14.6. The van der Waals surface area contributed by atoms with Crippen molar-refractivity contribution in [3.05, 3.63) is 74.4 Å². The van der Waals surface area contributed by atoms with Crippen molar-refractivity contribution in [2.75, 3.05) is 0 Å². The van der Waals surface area contributed by atoms with Gasteiger partial charge in [0.15, 0.2) is 0 Å². The zero-order valence-electron chi connectivity index (χ0n) is 14.0. The van der Waals surface area contributed by atoms with Gasteiger partial charge in [-0.1, -0.05) is 23.7 Å². The largest absolute Gasteiger partial charge is 0.350 e. The number of hydrogen-bond donors (Lipinski definition) is 2. The lowest BCUT2D eigenvalue weighted by Crippen LogP contribution is -2.24. The fourth-order valence-corrected chi connectivity index (χ4v) is 3.51. The van der Waals surface area contributed by atoms with Crippen LogP contribution in [0, 0.1) is 5.82 Å². The quantitative estimate of drug-likeness (QED) is 0.858. The number of rotatable bonds is 4. The van der Waals surface area contributed by atoms with Gasteiger partial charge in [0.25, 0.3) is 5.56 Å². The highest BCUT2D eigenvalue weighted by Gasteiger charge is 2.27. The third-order valence-electron chi connectivity index (χ3n) is 4.87. The highest BCUT2D eigenvalue weighted by atomic mass is 35.5. The second kappa shape index (κ2) is 6.72. The number of pyridine rings is 1. The average Bonchev–Trinajstić information content (AvgIpc) is 3.35. The lowest BCUT2D eigenvalue weighted by atomic mass is 9.98. The van der Waals surface area contributed by atoms with Crippen LogP contribution in [0.15, 0.2) is 41.2 Å². The van der Waals surface area contributed by atoms with Gasteiger partial charge in [-0.15, -0.1) is 0 Å². The summed E-state index contributed by atoms with van der Waals surface area (Å²) in [5.41, 5.74) is 2.05. The lowest BCUT2D eigenvalue weighted by Gasteiger charge is -2.13. The molecule has 6 heteroatoms. The van der Waals surface area contributed by atoms with E-state index in [1.54, 1.807) is 18.2 Å². The maximum atomic E-state index is 14.6. The fourth-order valence-electron chi connectivity index (χ4n) is 3.35. The second-order valence-corrected chi connectivity index (χ2v) is 7.28. The van der Waals surface area contributed by atoms with E-state index < -0.39 is 5.82 Å². The van der Waals surface area contributed by atoms with Crippen molar-refractivity contribution >= 4 is 23.1 Å². The molecule has 1 aromatic heterocycles. The molecule has 2 aromatic rings. The van der Waals surface area contributed by atoms with Crippen molar-refractivity contribution in [2.45, 2.75) is 37.6 Å². The molecule has 134 valence electrons. The van der Waals surface area contributed by atoms with Crippen LogP contribution < -0.4 is 10.9 Å². The molecule has 26 heavy (non-hydrogen) atoms. The molecule has 1 atom stereocenters. The maximum Gasteiger partial charge on any atom is 0.251 e. The molecule has 1 aliphatic carbocycles. The van der Waals surface area contributed by atoms with Gasteiger partial charge in [-0.2, -0.15) is 0 Å². The molecule has 4 rings (SSSR count). The Morgan fingerprint density at radius 1 is 1.15 bits per heavy atom. The van der Waals surface area contributed by atoms with E-state index in [1.165, 1.54) is 6.07 Å². The van der Waals surface area contributed by atoms with Crippen LogP contribution in [0.4, 0.5) is 4.39 Å². The first-order valence-corrected chi connectivity index (χ1v) is 9.09. The summed E-state index contributed by atoms with van der Waals surface area (Å²) in [6.07, 6.45) is 4.95. The molecular formula is C20H18ClFN2O2. The number of amides is 1. The van der Waals surface area contributed by atoms with Gasteiger partial charge in [-0.05, 0) is 49.4 Å². The summed E-state index contributed by atoms with van der Waals surface area (Å²) in [6.45, 7) is 0. The minimum Gasteiger partial charge on any atom is -0.350 e. The van der Waals surface area contributed by atoms with Gasteiger partial charge in [-0.25, -0.2) is 4.39 Å². The Morgan fingerprint density at radius 2 is 1.96 bits per heavy atom. The van der Waals surface area contributed by atoms with E-state index in [2.05, 4.69) is 10.3 Å². The van der Waals surface area contributed by atoms with Gasteiger partial charge in [0.05, 0.1) is 0 Å². The van der Waals surface area contributed by atoms with Gasteiger partial charge >= 0.3 is 0 Å². The standard InChI is InChI=1S/C20H18ClFN2O2/c21-12-3-5-15(17(22)9-12)16(10-13-4-8-19(25)23-13)18-7-6-14(11-1-2-11)20(26)24-18/h3,5-7,9-11,13H,1-2,4,8H2,(H,23,25)(H,24,26)/t13-/m1/s1. The van der Waals surface area contributed by atoms with Crippen LogP contribution in [0.5, 0.6) is 0 Å². The number of aromatic amines is 1. The van der Waals surface area contributed by atoms with E-state index in [-0.39, 0.29) is 17.5 Å². The van der Waals surface area contributed by atoms with E-state index >= 15 is 0 Å². The summed E-state index contributed by atoms with van der Waals surface area (Å²) >= 11 is 5.87. The van der Waals surface area contributed by atoms with Gasteiger partial charge in [0, 0.05) is 39.9 Å². The molecule has 1 aliphatic heterocycles. The molecule has 1 saturated carbocycles. The molecule has 0 spiro atoms. The molecule has 0 unspecified atom stereocenters. The van der Waals surface area contributed by atoms with Crippen molar-refractivity contribution in [1.82, 2.24) is 10.3 Å². The van der Waals surface area contributed by atoms with Crippen molar-refractivity contribution in [3.63, 3.8) is 0 Å². The van der Waals surface area contributed by atoms with Gasteiger partial charge in [0.1, 0.15) is 5.82 Å². The molecule has 0 radical (unpaired) electrons. The lowest BCUT2D eigenvalue weighted by molar-refractivity contribution is -0.119. The molecule has 0 bridgehead atoms. The Bertz CT molecular complexity index is 963. The summed E-state index contributed by atoms with van der Waals surface area (Å²) in [7, 11) is 0. The molecule has 2 N–H and O–H groups in total. The zero-order valence-corrected chi connectivity index (χ0v) is 14.8. The monoisotopic (exact) mass is 372 g/mol. The minimum atomic E-state index is -0.472. The molecular weight excluding hydrogens is 355 g/mol. The normalized spacial score (nSPS) is 20.3. The summed E-state index contributed by atoms with van der Waals surface area (Å²) in [5, 5.41) is 3.16. The van der Waals surface area contributed by atoms with Crippen molar-refractivity contribution in [1.29, 1.82) is 0 Å². The van der Waals surface area contributed by atoms with E-state index in [4.69, 9.17) is 11.6 Å². The van der Waals surface area contributed by atoms with E-state index in [9.17, 15) is 14.0 Å². The van der Waals surface area contributed by atoms with Crippen LogP contribution in [0.1, 0.15) is 48.4 Å². The van der Waals surface area contributed by atoms with Crippen molar-refractivity contribution in [3.8, 4) is 0 Å². The first-order valence-electron chi connectivity index (χ1n) is 8.71. The number of aromatic nitrogens is 1. The van der Waals surface area contributed by atoms with Gasteiger partial charge in [0.2, 0.25) is 5.91 Å². The fraction of sp³-hybridized carbons (Fsp3) is 0.300. The first kappa shape index (κ1) is 17.0. The van der Waals surface area contributed by atoms with E-state index in [0.29, 0.717) is 40.6 Å². The number of carbonyl (C=O) groups is 1. The van der Waals surface area contributed by atoms with Crippen LogP contribution in [-0.2, 0) is 4.79 Å². The molecule has 1 amide bonds. The Hall–Kier alpha value is -2.40. The number of carbonyl (C=O) groups excluding carboxylic acids is 1. The molecule has 2 fully saturated rings. The predicted molar refractivity (Wildman–Crippen MR) is 98.7 cm³/mol.